The molecule has 2 spiro atoms. The van der Waals surface area contributed by atoms with Crippen molar-refractivity contribution in [3.8, 4) is 0 Å². The first-order valence-electron chi connectivity index (χ1n) is 13.3. The van der Waals surface area contributed by atoms with Crippen LogP contribution < -0.4 is 0 Å². The zero-order valence-corrected chi connectivity index (χ0v) is 21.0. The van der Waals surface area contributed by atoms with Crippen molar-refractivity contribution in [1.82, 2.24) is 0 Å². The van der Waals surface area contributed by atoms with Crippen LogP contribution >= 0.6 is 0 Å². The summed E-state index contributed by atoms with van der Waals surface area (Å²) in [7, 11) is 0. The Morgan fingerprint density at radius 2 is 1.83 bits per heavy atom. The second-order valence-corrected chi connectivity index (χ2v) is 12.8. The summed E-state index contributed by atoms with van der Waals surface area (Å²) in [5, 5.41) is 20.4. The third kappa shape index (κ3) is 2.34. The van der Waals surface area contributed by atoms with Gasteiger partial charge in [0.25, 0.3) is 0 Å². The average Bonchev–Trinajstić information content (AvgIpc) is 3.70. The predicted octanol–water partition coefficient (Wildman–Crippen LogP) is 2.48. The smallest absolute Gasteiger partial charge is 0.336 e. The van der Waals surface area contributed by atoms with E-state index in [1.807, 2.05) is 13.8 Å². The highest BCUT2D eigenvalue weighted by atomic mass is 16.6. The lowest BCUT2D eigenvalue weighted by Crippen LogP contribution is -2.66. The Kier molecular flexibility index (Phi) is 4.31. The lowest BCUT2D eigenvalue weighted by atomic mass is 9.43. The van der Waals surface area contributed by atoms with E-state index < -0.39 is 17.1 Å². The fraction of sp³-hybridized carbons (Fsp3) is 0.786. The molecule has 2 saturated heterocycles. The average molecular weight is 485 g/mol. The SMILES string of the molecule is CC1=C(CO)C(=O)O[C@@H]([C@@H](C)[C@H]2C[C@@H]3O[C@]34[C@@H]3C[C@H]5O[C@]56[C@@H](O)C=CC(=O)[C@]6(C)[C@H]3CC[C@]24C)C1. The predicted molar refractivity (Wildman–Crippen MR) is 124 cm³/mol. The molecule has 3 heterocycles. The summed E-state index contributed by atoms with van der Waals surface area (Å²) >= 11 is 0. The molecule has 0 bridgehead atoms. The number of rotatable bonds is 3. The molecule has 12 atom stereocenters. The topological polar surface area (TPSA) is 109 Å². The summed E-state index contributed by atoms with van der Waals surface area (Å²) in [6.07, 6.45) is 6.57. The minimum absolute atomic E-state index is 0.0725. The van der Waals surface area contributed by atoms with Crippen LogP contribution in [-0.2, 0) is 23.8 Å². The van der Waals surface area contributed by atoms with Crippen molar-refractivity contribution >= 4 is 11.8 Å². The van der Waals surface area contributed by atoms with Crippen LogP contribution in [0.15, 0.2) is 23.3 Å². The van der Waals surface area contributed by atoms with Crippen molar-refractivity contribution in [2.75, 3.05) is 6.61 Å². The molecule has 0 aromatic rings. The molecule has 0 aromatic heterocycles. The van der Waals surface area contributed by atoms with Gasteiger partial charge in [0, 0.05) is 11.8 Å². The zero-order valence-electron chi connectivity index (χ0n) is 21.0. The van der Waals surface area contributed by atoms with Gasteiger partial charge in [0.05, 0.1) is 29.8 Å². The molecule has 35 heavy (non-hydrogen) atoms. The van der Waals surface area contributed by atoms with Gasteiger partial charge in [-0.2, -0.15) is 0 Å². The highest BCUT2D eigenvalue weighted by Gasteiger charge is 2.87. The Balaban J connectivity index is 1.21. The number of cyclic esters (lactones) is 1. The largest absolute Gasteiger partial charge is 0.458 e. The maximum absolute atomic E-state index is 13.4. The summed E-state index contributed by atoms with van der Waals surface area (Å²) < 4.78 is 18.7. The monoisotopic (exact) mass is 484 g/mol. The van der Waals surface area contributed by atoms with E-state index in [2.05, 4.69) is 13.8 Å². The number of ketones is 1. The molecule has 7 nitrogen and oxygen atoms in total. The molecule has 3 saturated carbocycles. The maximum Gasteiger partial charge on any atom is 0.336 e. The quantitative estimate of drug-likeness (QED) is 0.468. The van der Waals surface area contributed by atoms with Gasteiger partial charge in [0.2, 0.25) is 0 Å². The van der Waals surface area contributed by atoms with E-state index in [0.29, 0.717) is 17.9 Å². The summed E-state index contributed by atoms with van der Waals surface area (Å²) in [5.74, 6) is 0.534. The molecular formula is C28H36O7. The van der Waals surface area contributed by atoms with Crippen molar-refractivity contribution in [2.24, 2.45) is 34.5 Å². The number of hydrogen-bond donors (Lipinski definition) is 2. The summed E-state index contributed by atoms with van der Waals surface area (Å²) in [4.78, 5) is 25.9. The second kappa shape index (κ2) is 6.66. The Bertz CT molecular complexity index is 1090. The standard InChI is InChI=1S/C28H36O7/c1-13-9-19(33-24(32)15(13)12-29)14(2)17-10-22-27(34-22)18-11-23-28(35-23)21(31)6-5-20(30)26(28,4)16(18)7-8-25(17,27)3/h5-6,14,16-19,21-23,29,31H,7-12H2,1-4H3/t14-,16-,17+,18+,19+,21-,22-,23+,25+,26-,27+,28+/m0/s1. The van der Waals surface area contributed by atoms with Crippen LogP contribution in [0.25, 0.3) is 0 Å². The molecular weight excluding hydrogens is 448 g/mol. The van der Waals surface area contributed by atoms with Crippen molar-refractivity contribution in [1.29, 1.82) is 0 Å². The zero-order chi connectivity index (χ0) is 24.7. The number of carbonyl (C=O) groups is 2. The Morgan fingerprint density at radius 3 is 2.54 bits per heavy atom. The lowest BCUT2D eigenvalue weighted by molar-refractivity contribution is -0.163. The van der Waals surface area contributed by atoms with Crippen LogP contribution in [0.5, 0.6) is 0 Å². The third-order valence-electron chi connectivity index (χ3n) is 12.0. The molecule has 4 aliphatic carbocycles. The van der Waals surface area contributed by atoms with Gasteiger partial charge in [-0.05, 0) is 75.4 Å². The molecule has 0 unspecified atom stereocenters. The number of aliphatic hydroxyl groups excluding tert-OH is 2. The van der Waals surface area contributed by atoms with E-state index in [9.17, 15) is 19.8 Å². The molecule has 7 aliphatic rings. The summed E-state index contributed by atoms with van der Waals surface area (Å²) in [6, 6.07) is 0. The molecule has 190 valence electrons. The molecule has 7 rings (SSSR count). The first-order valence-corrected chi connectivity index (χ1v) is 13.3. The number of allylic oxidation sites excluding steroid dienone is 1. The molecule has 3 aliphatic heterocycles. The van der Waals surface area contributed by atoms with Crippen LogP contribution in [-0.4, -0.2) is 64.2 Å². The number of esters is 1. The van der Waals surface area contributed by atoms with E-state index >= 15 is 0 Å². The van der Waals surface area contributed by atoms with Gasteiger partial charge < -0.3 is 24.4 Å². The minimum atomic E-state index is -0.773. The molecule has 5 fully saturated rings. The summed E-state index contributed by atoms with van der Waals surface area (Å²) in [6.45, 7) is 8.24. The van der Waals surface area contributed by atoms with Crippen molar-refractivity contribution < 1.29 is 34.0 Å². The highest BCUT2D eigenvalue weighted by Crippen LogP contribution is 2.79. The molecule has 7 heteroatoms. The molecule has 2 N–H and O–H groups in total. The van der Waals surface area contributed by atoms with Crippen LogP contribution in [0.4, 0.5) is 0 Å². The fourth-order valence-electron chi connectivity index (χ4n) is 10.1. The second-order valence-electron chi connectivity index (χ2n) is 12.8. The Hall–Kier alpha value is -1.54. The number of aliphatic hydroxyl groups is 2. The third-order valence-corrected chi connectivity index (χ3v) is 12.0. The van der Waals surface area contributed by atoms with Crippen LogP contribution in [0.2, 0.25) is 0 Å². The summed E-state index contributed by atoms with van der Waals surface area (Å²) in [5.41, 5.74) is -0.532. The molecule has 0 aromatic carbocycles. The maximum atomic E-state index is 13.4. The van der Waals surface area contributed by atoms with Gasteiger partial charge >= 0.3 is 5.97 Å². The van der Waals surface area contributed by atoms with Crippen molar-refractivity contribution in [3.63, 3.8) is 0 Å². The van der Waals surface area contributed by atoms with Gasteiger partial charge in [0.15, 0.2) is 5.78 Å². The lowest BCUT2D eigenvalue weighted by Gasteiger charge is -2.58. The van der Waals surface area contributed by atoms with E-state index in [1.54, 1.807) is 12.2 Å². The van der Waals surface area contributed by atoms with Gasteiger partial charge in [0.1, 0.15) is 23.4 Å². The number of epoxide rings is 2. The fourth-order valence-corrected chi connectivity index (χ4v) is 10.1. The Labute approximate surface area is 205 Å². The van der Waals surface area contributed by atoms with Gasteiger partial charge in [-0.25, -0.2) is 4.79 Å². The van der Waals surface area contributed by atoms with E-state index in [0.717, 1.165) is 31.3 Å². The molecule has 0 amide bonds. The Morgan fingerprint density at radius 1 is 1.11 bits per heavy atom. The van der Waals surface area contributed by atoms with Crippen molar-refractivity contribution in [3.05, 3.63) is 23.3 Å². The van der Waals surface area contributed by atoms with Gasteiger partial charge in [-0.1, -0.05) is 19.4 Å². The van der Waals surface area contributed by atoms with Gasteiger partial charge in [-0.3, -0.25) is 4.79 Å². The first-order chi connectivity index (χ1) is 16.6. The van der Waals surface area contributed by atoms with E-state index in [-0.39, 0.29) is 65.4 Å². The first kappa shape index (κ1) is 22.6. The van der Waals surface area contributed by atoms with Crippen LogP contribution in [0.3, 0.4) is 0 Å². The van der Waals surface area contributed by atoms with Crippen LogP contribution in [0, 0.1) is 34.5 Å². The normalized spacial score (nSPS) is 56.3. The number of ether oxygens (including phenoxy) is 3. The number of hydrogen-bond acceptors (Lipinski definition) is 7. The highest BCUT2D eigenvalue weighted by molar-refractivity contribution is 5.98. The molecule has 0 radical (unpaired) electrons. The van der Waals surface area contributed by atoms with E-state index in [1.165, 1.54) is 0 Å². The van der Waals surface area contributed by atoms with Gasteiger partial charge in [-0.15, -0.1) is 0 Å². The van der Waals surface area contributed by atoms with E-state index in [4.69, 9.17) is 14.2 Å². The number of fused-ring (bicyclic) bond motifs is 2. The van der Waals surface area contributed by atoms with Crippen molar-refractivity contribution in [2.45, 2.75) is 95.4 Å². The minimum Gasteiger partial charge on any atom is -0.458 e. The number of carbonyl (C=O) groups excluding carboxylic acids is 2. The van der Waals surface area contributed by atoms with Crippen LogP contribution in [0.1, 0.15) is 59.8 Å².